The molecular formula is C26H27N3. The van der Waals surface area contributed by atoms with Crippen molar-refractivity contribution in [2.75, 3.05) is 0 Å². The number of allylic oxidation sites excluding steroid dienone is 8. The molecule has 0 saturated heterocycles. The summed E-state index contributed by atoms with van der Waals surface area (Å²) >= 11 is 0. The van der Waals surface area contributed by atoms with Crippen molar-refractivity contribution in [3.8, 4) is 11.4 Å². The molecule has 0 amide bonds. The van der Waals surface area contributed by atoms with E-state index in [2.05, 4.69) is 55.5 Å². The number of fused-ring (bicyclic) bond motifs is 2. The van der Waals surface area contributed by atoms with Crippen molar-refractivity contribution in [2.45, 2.75) is 39.0 Å². The number of aromatic nitrogens is 3. The SMILES string of the molecule is CC.CC1=CC2CC2(c2nc(C3=CC4CC4C=C3)nc(-c3ccccc3)n2)C=C1. The first kappa shape index (κ1) is 18.2. The average Bonchev–Trinajstić information content (AvgIpc) is 3.69. The lowest BCUT2D eigenvalue weighted by atomic mass is 9.95. The minimum absolute atomic E-state index is 0.0399. The standard InChI is InChI=1S/C24H21N3.C2H6/c1-15-9-10-24(14-20(24)11-15)23-26-21(16-5-3-2-4-6-16)25-22(27-23)18-8-7-17-12-19(17)13-18;1-2/h2-11,13,17,19-20H,12,14H2,1H3;1-2H3. The highest BCUT2D eigenvalue weighted by atomic mass is 15.1. The lowest BCUT2D eigenvalue weighted by Gasteiger charge is -2.17. The van der Waals surface area contributed by atoms with Crippen LogP contribution in [0.2, 0.25) is 0 Å². The molecule has 1 heterocycles. The molecule has 2 fully saturated rings. The molecule has 0 aliphatic heterocycles. The summed E-state index contributed by atoms with van der Waals surface area (Å²) < 4.78 is 0. The maximum Gasteiger partial charge on any atom is 0.163 e. The lowest BCUT2D eigenvalue weighted by molar-refractivity contribution is 0.720. The first-order chi connectivity index (χ1) is 14.2. The van der Waals surface area contributed by atoms with Gasteiger partial charge in [0.1, 0.15) is 5.82 Å². The molecular weight excluding hydrogens is 354 g/mol. The molecule has 146 valence electrons. The Morgan fingerprint density at radius 2 is 1.69 bits per heavy atom. The summed E-state index contributed by atoms with van der Waals surface area (Å²) in [6, 6.07) is 10.3. The molecule has 6 rings (SSSR count). The third kappa shape index (κ3) is 3.19. The number of rotatable bonds is 3. The summed E-state index contributed by atoms with van der Waals surface area (Å²) in [5, 5.41) is 0. The van der Waals surface area contributed by atoms with Crippen LogP contribution >= 0.6 is 0 Å². The van der Waals surface area contributed by atoms with Crippen LogP contribution in [-0.2, 0) is 5.41 Å². The highest BCUT2D eigenvalue weighted by Crippen LogP contribution is 2.57. The van der Waals surface area contributed by atoms with E-state index in [1.165, 1.54) is 12.0 Å². The first-order valence-electron chi connectivity index (χ1n) is 10.8. The fourth-order valence-corrected chi connectivity index (χ4v) is 4.43. The van der Waals surface area contributed by atoms with Crippen molar-refractivity contribution < 1.29 is 0 Å². The van der Waals surface area contributed by atoms with Crippen molar-refractivity contribution in [1.82, 2.24) is 15.0 Å². The molecule has 29 heavy (non-hydrogen) atoms. The van der Waals surface area contributed by atoms with Crippen LogP contribution in [0.25, 0.3) is 17.0 Å². The lowest BCUT2D eigenvalue weighted by Crippen LogP contribution is -2.16. The smallest absolute Gasteiger partial charge is 0.163 e. The normalized spacial score (nSPS) is 30.2. The van der Waals surface area contributed by atoms with Crippen molar-refractivity contribution in [2.24, 2.45) is 17.8 Å². The van der Waals surface area contributed by atoms with Crippen LogP contribution in [0.4, 0.5) is 0 Å². The molecule has 4 atom stereocenters. The van der Waals surface area contributed by atoms with E-state index in [0.717, 1.165) is 40.9 Å². The van der Waals surface area contributed by atoms with Crippen molar-refractivity contribution in [1.29, 1.82) is 0 Å². The Balaban J connectivity index is 0.000000882. The third-order valence-corrected chi connectivity index (χ3v) is 6.32. The van der Waals surface area contributed by atoms with Gasteiger partial charge in [-0.25, -0.2) is 15.0 Å². The van der Waals surface area contributed by atoms with Crippen molar-refractivity contribution in [3.05, 3.63) is 84.0 Å². The van der Waals surface area contributed by atoms with Crippen LogP contribution in [0.15, 0.2) is 72.4 Å². The van der Waals surface area contributed by atoms with E-state index in [-0.39, 0.29) is 5.41 Å². The number of hydrogen-bond acceptors (Lipinski definition) is 3. The van der Waals surface area contributed by atoms with Gasteiger partial charge in [0.25, 0.3) is 0 Å². The molecule has 0 N–H and O–H groups in total. The van der Waals surface area contributed by atoms with E-state index in [4.69, 9.17) is 15.0 Å². The second-order valence-electron chi connectivity index (χ2n) is 8.31. The molecule has 0 spiro atoms. The Hall–Kier alpha value is -2.81. The van der Waals surface area contributed by atoms with Gasteiger partial charge in [-0.1, -0.05) is 86.2 Å². The predicted octanol–water partition coefficient (Wildman–Crippen LogP) is 5.93. The van der Waals surface area contributed by atoms with Gasteiger partial charge in [-0.15, -0.1) is 0 Å². The van der Waals surface area contributed by atoms with Gasteiger partial charge in [0.2, 0.25) is 0 Å². The van der Waals surface area contributed by atoms with Gasteiger partial charge in [0.15, 0.2) is 11.6 Å². The van der Waals surface area contributed by atoms with Gasteiger partial charge >= 0.3 is 0 Å². The Labute approximate surface area is 173 Å². The van der Waals surface area contributed by atoms with Crippen LogP contribution in [0.1, 0.15) is 45.3 Å². The number of benzene rings is 1. The van der Waals surface area contributed by atoms with E-state index < -0.39 is 0 Å². The number of nitrogens with zero attached hydrogens (tertiary/aromatic N) is 3. The third-order valence-electron chi connectivity index (χ3n) is 6.32. The molecule has 2 saturated carbocycles. The maximum absolute atomic E-state index is 4.98. The fraction of sp³-hybridized carbons (Fsp3) is 0.346. The molecule has 0 bridgehead atoms. The minimum Gasteiger partial charge on any atom is -0.212 e. The zero-order valence-electron chi connectivity index (χ0n) is 17.3. The molecule has 0 radical (unpaired) electrons. The van der Waals surface area contributed by atoms with Crippen molar-refractivity contribution >= 4 is 5.57 Å². The van der Waals surface area contributed by atoms with Crippen LogP contribution in [0, 0.1) is 17.8 Å². The maximum atomic E-state index is 4.98. The van der Waals surface area contributed by atoms with Gasteiger partial charge in [-0.05, 0) is 37.5 Å². The molecule has 1 aromatic heterocycles. The zero-order valence-corrected chi connectivity index (χ0v) is 17.3. The molecule has 3 nitrogen and oxygen atoms in total. The quantitative estimate of drug-likeness (QED) is 0.661. The molecule has 4 aliphatic carbocycles. The minimum atomic E-state index is -0.0399. The first-order valence-corrected chi connectivity index (χ1v) is 10.8. The highest BCUT2D eigenvalue weighted by Gasteiger charge is 2.56. The van der Waals surface area contributed by atoms with Crippen LogP contribution in [0.5, 0.6) is 0 Å². The largest absolute Gasteiger partial charge is 0.212 e. The summed E-state index contributed by atoms with van der Waals surface area (Å²) in [4.78, 5) is 14.8. The highest BCUT2D eigenvalue weighted by molar-refractivity contribution is 5.73. The van der Waals surface area contributed by atoms with Crippen LogP contribution < -0.4 is 0 Å². The summed E-state index contributed by atoms with van der Waals surface area (Å²) in [6.07, 6.45) is 16.1. The van der Waals surface area contributed by atoms with E-state index in [0.29, 0.717) is 11.8 Å². The van der Waals surface area contributed by atoms with Gasteiger partial charge in [-0.2, -0.15) is 0 Å². The van der Waals surface area contributed by atoms with E-state index in [1.807, 2.05) is 32.0 Å². The van der Waals surface area contributed by atoms with E-state index >= 15 is 0 Å². The monoisotopic (exact) mass is 381 g/mol. The molecule has 2 aromatic rings. The van der Waals surface area contributed by atoms with Crippen molar-refractivity contribution in [3.63, 3.8) is 0 Å². The van der Waals surface area contributed by atoms with Gasteiger partial charge in [0, 0.05) is 11.1 Å². The van der Waals surface area contributed by atoms with Gasteiger partial charge < -0.3 is 0 Å². The van der Waals surface area contributed by atoms with Gasteiger partial charge in [-0.3, -0.25) is 0 Å². The van der Waals surface area contributed by atoms with E-state index in [9.17, 15) is 0 Å². The topological polar surface area (TPSA) is 38.7 Å². The summed E-state index contributed by atoms with van der Waals surface area (Å²) in [7, 11) is 0. The second kappa shape index (κ2) is 6.91. The number of hydrogen-bond donors (Lipinski definition) is 0. The molecule has 1 aromatic carbocycles. The van der Waals surface area contributed by atoms with Crippen LogP contribution in [0.3, 0.4) is 0 Å². The average molecular weight is 382 g/mol. The Morgan fingerprint density at radius 3 is 2.45 bits per heavy atom. The Bertz CT molecular complexity index is 1060. The predicted molar refractivity (Wildman–Crippen MR) is 118 cm³/mol. The van der Waals surface area contributed by atoms with Crippen LogP contribution in [-0.4, -0.2) is 15.0 Å². The summed E-state index contributed by atoms with van der Waals surface area (Å²) in [6.45, 7) is 6.16. The Kier molecular flexibility index (Phi) is 4.34. The zero-order chi connectivity index (χ0) is 20.0. The molecule has 3 heteroatoms. The second-order valence-corrected chi connectivity index (χ2v) is 8.31. The Morgan fingerprint density at radius 1 is 0.897 bits per heavy atom. The molecule has 4 unspecified atom stereocenters. The fourth-order valence-electron chi connectivity index (χ4n) is 4.43. The summed E-state index contributed by atoms with van der Waals surface area (Å²) in [5.41, 5.74) is 3.49. The summed E-state index contributed by atoms with van der Waals surface area (Å²) in [5.74, 6) is 4.46. The van der Waals surface area contributed by atoms with E-state index in [1.54, 1.807) is 0 Å². The van der Waals surface area contributed by atoms with Gasteiger partial charge in [0.05, 0.1) is 5.41 Å². The molecule has 4 aliphatic rings.